The van der Waals surface area contributed by atoms with Gasteiger partial charge in [-0.3, -0.25) is 9.36 Å². The highest BCUT2D eigenvalue weighted by molar-refractivity contribution is 5.92. The first-order valence-electron chi connectivity index (χ1n) is 8.74. The molecule has 0 bridgehead atoms. The van der Waals surface area contributed by atoms with Crippen molar-refractivity contribution in [1.29, 1.82) is 0 Å². The maximum atomic E-state index is 12.9. The van der Waals surface area contributed by atoms with Crippen LogP contribution in [-0.2, 0) is 16.0 Å². The number of amides is 1. The van der Waals surface area contributed by atoms with Gasteiger partial charge in [-0.05, 0) is 17.3 Å². The Morgan fingerprint density at radius 2 is 2.18 bits per heavy atom. The average molecular weight is 385 g/mol. The van der Waals surface area contributed by atoms with E-state index in [1.165, 1.54) is 17.5 Å². The molecule has 12 nitrogen and oxygen atoms in total. The second kappa shape index (κ2) is 8.19. The molecule has 146 valence electrons. The van der Waals surface area contributed by atoms with Gasteiger partial charge in [-0.25, -0.2) is 4.98 Å². The van der Waals surface area contributed by atoms with Gasteiger partial charge in [0.25, 0.3) is 5.91 Å². The van der Waals surface area contributed by atoms with Crippen LogP contribution in [0.15, 0.2) is 30.9 Å². The summed E-state index contributed by atoms with van der Waals surface area (Å²) in [5, 5.41) is 19.8. The molecule has 0 radical (unpaired) electrons. The molecule has 3 aromatic heterocycles. The molecule has 3 aromatic rings. The smallest absolute Gasteiger partial charge is 0.272 e. The Bertz CT molecular complexity index is 927. The monoisotopic (exact) mass is 385 g/mol. The number of morpholine rings is 1. The van der Waals surface area contributed by atoms with Crippen LogP contribution < -0.4 is 0 Å². The fourth-order valence-electron chi connectivity index (χ4n) is 2.81. The molecule has 1 amide bonds. The van der Waals surface area contributed by atoms with E-state index in [0.717, 1.165) is 0 Å². The molecule has 4 rings (SSSR count). The summed E-state index contributed by atoms with van der Waals surface area (Å²) in [6.07, 6.45) is 2.62. The van der Waals surface area contributed by atoms with Crippen LogP contribution >= 0.6 is 0 Å². The zero-order valence-corrected chi connectivity index (χ0v) is 15.2. The fourth-order valence-corrected chi connectivity index (χ4v) is 2.81. The summed E-state index contributed by atoms with van der Waals surface area (Å²) in [6, 6.07) is 5.24. The molecule has 0 aromatic carbocycles. The fraction of sp³-hybridized carbons (Fsp3) is 0.438. The van der Waals surface area contributed by atoms with Gasteiger partial charge in [-0.1, -0.05) is 6.07 Å². The number of ether oxygens (including phenoxy) is 2. The lowest BCUT2D eigenvalue weighted by molar-refractivity contribution is -0.0271. The Kier molecular flexibility index (Phi) is 5.30. The van der Waals surface area contributed by atoms with Gasteiger partial charge in [-0.15, -0.1) is 20.4 Å². The Hall–Kier alpha value is -3.25. The zero-order valence-electron chi connectivity index (χ0n) is 15.2. The standard InChI is InChI=1S/C16H19N9O3/c1-27-7-6-25-21-15(20-22-25)13-9-23(5-8-28-13)16(26)12-3-2-4-14(19-12)24-10-17-18-11-24/h2-4,10-11,13H,5-9H2,1H3. The first-order valence-corrected chi connectivity index (χ1v) is 8.74. The number of hydrogen-bond donors (Lipinski definition) is 0. The summed E-state index contributed by atoms with van der Waals surface area (Å²) >= 11 is 0. The van der Waals surface area contributed by atoms with Crippen LogP contribution in [0.25, 0.3) is 5.82 Å². The molecular weight excluding hydrogens is 366 g/mol. The largest absolute Gasteiger partial charge is 0.383 e. The quantitative estimate of drug-likeness (QED) is 0.552. The average Bonchev–Trinajstić information content (AvgIpc) is 3.44. The van der Waals surface area contributed by atoms with Crippen molar-refractivity contribution in [3.63, 3.8) is 0 Å². The van der Waals surface area contributed by atoms with E-state index in [1.54, 1.807) is 34.8 Å². The first kappa shape index (κ1) is 18.1. The normalized spacial score (nSPS) is 17.0. The number of carbonyl (C=O) groups is 1. The topological polar surface area (TPSA) is 126 Å². The lowest BCUT2D eigenvalue weighted by atomic mass is 10.2. The molecule has 4 heterocycles. The van der Waals surface area contributed by atoms with E-state index in [2.05, 4.69) is 30.6 Å². The number of methoxy groups -OCH3 is 1. The third-order valence-electron chi connectivity index (χ3n) is 4.24. The molecule has 1 atom stereocenters. The van der Waals surface area contributed by atoms with Gasteiger partial charge < -0.3 is 14.4 Å². The Morgan fingerprint density at radius 3 is 3.00 bits per heavy atom. The first-order chi connectivity index (χ1) is 13.7. The van der Waals surface area contributed by atoms with Gasteiger partial charge in [0, 0.05) is 13.7 Å². The molecule has 0 saturated carbocycles. The second-order valence-corrected chi connectivity index (χ2v) is 6.10. The number of tetrazole rings is 1. The van der Waals surface area contributed by atoms with Crippen LogP contribution in [0, 0.1) is 0 Å². The van der Waals surface area contributed by atoms with Crippen molar-refractivity contribution in [2.75, 3.05) is 33.4 Å². The molecule has 12 heteroatoms. The molecule has 1 aliphatic heterocycles. The van der Waals surface area contributed by atoms with E-state index < -0.39 is 6.10 Å². The van der Waals surface area contributed by atoms with E-state index in [0.29, 0.717) is 50.2 Å². The molecule has 0 spiro atoms. The van der Waals surface area contributed by atoms with Crippen LogP contribution in [0.1, 0.15) is 22.4 Å². The van der Waals surface area contributed by atoms with Crippen molar-refractivity contribution in [1.82, 2.24) is 44.9 Å². The molecule has 1 unspecified atom stereocenters. The minimum absolute atomic E-state index is 0.185. The van der Waals surface area contributed by atoms with Gasteiger partial charge in [0.05, 0.1) is 26.3 Å². The molecule has 1 aliphatic rings. The van der Waals surface area contributed by atoms with Crippen LogP contribution in [0.3, 0.4) is 0 Å². The van der Waals surface area contributed by atoms with E-state index in [4.69, 9.17) is 9.47 Å². The van der Waals surface area contributed by atoms with E-state index in [-0.39, 0.29) is 5.91 Å². The maximum absolute atomic E-state index is 12.9. The molecule has 28 heavy (non-hydrogen) atoms. The van der Waals surface area contributed by atoms with Crippen molar-refractivity contribution < 1.29 is 14.3 Å². The van der Waals surface area contributed by atoms with E-state index in [1.807, 2.05) is 0 Å². The predicted molar refractivity (Wildman–Crippen MR) is 93.4 cm³/mol. The SMILES string of the molecule is COCCn1nnc(C2CN(C(=O)c3cccc(-n4cnnc4)n3)CCO2)n1. The van der Waals surface area contributed by atoms with Crippen molar-refractivity contribution in [2.45, 2.75) is 12.6 Å². The van der Waals surface area contributed by atoms with Crippen molar-refractivity contribution in [2.24, 2.45) is 0 Å². The number of carbonyl (C=O) groups excluding carboxylic acids is 1. The zero-order chi connectivity index (χ0) is 19.3. The summed E-state index contributed by atoms with van der Waals surface area (Å²) in [7, 11) is 1.61. The number of nitrogens with zero attached hydrogens (tertiary/aromatic N) is 9. The van der Waals surface area contributed by atoms with Crippen molar-refractivity contribution >= 4 is 5.91 Å². The Balaban J connectivity index is 1.46. The highest BCUT2D eigenvalue weighted by Crippen LogP contribution is 2.20. The number of aromatic nitrogens is 8. The Labute approximate surface area is 160 Å². The van der Waals surface area contributed by atoms with E-state index >= 15 is 0 Å². The highest BCUT2D eigenvalue weighted by Gasteiger charge is 2.29. The maximum Gasteiger partial charge on any atom is 0.272 e. The minimum atomic E-state index is -0.435. The lowest BCUT2D eigenvalue weighted by Gasteiger charge is -2.31. The second-order valence-electron chi connectivity index (χ2n) is 6.10. The molecule has 1 fully saturated rings. The van der Waals surface area contributed by atoms with Gasteiger partial charge >= 0.3 is 0 Å². The predicted octanol–water partition coefficient (Wildman–Crippen LogP) is -0.491. The van der Waals surface area contributed by atoms with Crippen LogP contribution in [0.5, 0.6) is 0 Å². The van der Waals surface area contributed by atoms with Gasteiger partial charge in [0.15, 0.2) is 0 Å². The van der Waals surface area contributed by atoms with Crippen LogP contribution in [-0.4, -0.2) is 84.2 Å². The summed E-state index contributed by atoms with van der Waals surface area (Å²) in [6.45, 7) is 2.16. The number of rotatable bonds is 6. The highest BCUT2D eigenvalue weighted by atomic mass is 16.5. The molecular formula is C16H19N9O3. The van der Waals surface area contributed by atoms with Crippen molar-refractivity contribution in [3.05, 3.63) is 42.4 Å². The van der Waals surface area contributed by atoms with Crippen LogP contribution in [0.2, 0.25) is 0 Å². The summed E-state index contributed by atoms with van der Waals surface area (Å²) in [5.41, 5.74) is 0.337. The lowest BCUT2D eigenvalue weighted by Crippen LogP contribution is -2.43. The summed E-state index contributed by atoms with van der Waals surface area (Å²) in [5.74, 6) is 0.832. The molecule has 0 N–H and O–H groups in total. The molecule has 0 aliphatic carbocycles. The minimum Gasteiger partial charge on any atom is -0.383 e. The number of hydrogen-bond acceptors (Lipinski definition) is 9. The number of pyridine rings is 1. The summed E-state index contributed by atoms with van der Waals surface area (Å²) < 4.78 is 12.4. The van der Waals surface area contributed by atoms with Crippen molar-refractivity contribution in [3.8, 4) is 5.82 Å². The van der Waals surface area contributed by atoms with Gasteiger partial charge in [-0.2, -0.15) is 4.80 Å². The summed E-state index contributed by atoms with van der Waals surface area (Å²) in [4.78, 5) is 20.5. The van der Waals surface area contributed by atoms with Crippen LogP contribution in [0.4, 0.5) is 0 Å². The third-order valence-corrected chi connectivity index (χ3v) is 4.24. The van der Waals surface area contributed by atoms with E-state index in [9.17, 15) is 4.79 Å². The van der Waals surface area contributed by atoms with Gasteiger partial charge in [0.1, 0.15) is 30.3 Å². The Morgan fingerprint density at radius 1 is 1.32 bits per heavy atom. The molecule has 1 saturated heterocycles. The third kappa shape index (κ3) is 3.87. The van der Waals surface area contributed by atoms with Gasteiger partial charge in [0.2, 0.25) is 5.82 Å².